The fourth-order valence-electron chi connectivity index (χ4n) is 2.22. The van der Waals surface area contributed by atoms with Crippen LogP contribution >= 0.6 is 11.6 Å². The normalized spacial score (nSPS) is 11.3. The van der Waals surface area contributed by atoms with Crippen molar-refractivity contribution in [3.05, 3.63) is 28.8 Å². The van der Waals surface area contributed by atoms with Crippen molar-refractivity contribution >= 4 is 35.1 Å². The standard InChI is InChI=1S/C18H25ClN2O4/c1-11(2)9-15(22)20-12-5-6-14(19)13(10-12)17(25)21-18(3,4)8-7-16(23)24/h5-6,10-11H,7-9H2,1-4H3,(H,20,22)(H,21,25)(H,23,24). The highest BCUT2D eigenvalue weighted by atomic mass is 35.5. The summed E-state index contributed by atoms with van der Waals surface area (Å²) < 4.78 is 0. The Balaban J connectivity index is 2.85. The molecular formula is C18H25ClN2O4. The molecule has 0 spiro atoms. The first-order chi connectivity index (χ1) is 11.5. The van der Waals surface area contributed by atoms with Crippen LogP contribution in [0.4, 0.5) is 5.69 Å². The highest BCUT2D eigenvalue weighted by molar-refractivity contribution is 6.34. The molecule has 25 heavy (non-hydrogen) atoms. The molecule has 1 rings (SSSR count). The summed E-state index contributed by atoms with van der Waals surface area (Å²) in [6.07, 6.45) is 0.620. The quantitative estimate of drug-likeness (QED) is 0.651. The van der Waals surface area contributed by atoms with E-state index in [1.165, 1.54) is 6.07 Å². The van der Waals surface area contributed by atoms with Crippen LogP contribution in [0.3, 0.4) is 0 Å². The molecular weight excluding hydrogens is 344 g/mol. The summed E-state index contributed by atoms with van der Waals surface area (Å²) in [7, 11) is 0. The number of rotatable bonds is 8. The Kier molecular flexibility index (Phi) is 7.42. The number of hydrogen-bond acceptors (Lipinski definition) is 3. The predicted molar refractivity (Wildman–Crippen MR) is 98.0 cm³/mol. The maximum atomic E-state index is 12.5. The van der Waals surface area contributed by atoms with Gasteiger partial charge in [-0.1, -0.05) is 25.4 Å². The summed E-state index contributed by atoms with van der Waals surface area (Å²) in [6, 6.07) is 4.70. The van der Waals surface area contributed by atoms with Gasteiger partial charge in [0.1, 0.15) is 0 Å². The Labute approximate surface area is 152 Å². The van der Waals surface area contributed by atoms with E-state index >= 15 is 0 Å². The summed E-state index contributed by atoms with van der Waals surface area (Å²) in [5.41, 5.74) is 0.0198. The van der Waals surface area contributed by atoms with E-state index < -0.39 is 17.4 Å². The highest BCUT2D eigenvalue weighted by Gasteiger charge is 2.23. The molecule has 0 atom stereocenters. The van der Waals surface area contributed by atoms with Crippen LogP contribution in [0.2, 0.25) is 5.02 Å². The average molecular weight is 369 g/mol. The Morgan fingerprint density at radius 3 is 2.44 bits per heavy atom. The van der Waals surface area contributed by atoms with E-state index in [2.05, 4.69) is 10.6 Å². The predicted octanol–water partition coefficient (Wildman–Crippen LogP) is 3.70. The molecule has 0 radical (unpaired) electrons. The minimum Gasteiger partial charge on any atom is -0.481 e. The molecule has 0 fully saturated rings. The van der Waals surface area contributed by atoms with Crippen molar-refractivity contribution in [1.29, 1.82) is 0 Å². The minimum absolute atomic E-state index is 0.0493. The smallest absolute Gasteiger partial charge is 0.303 e. The minimum atomic E-state index is -0.921. The number of anilines is 1. The van der Waals surface area contributed by atoms with E-state index in [1.54, 1.807) is 26.0 Å². The fraction of sp³-hybridized carbons (Fsp3) is 0.500. The van der Waals surface area contributed by atoms with Crippen molar-refractivity contribution in [3.63, 3.8) is 0 Å². The number of carboxylic acids is 1. The average Bonchev–Trinajstić information content (AvgIpc) is 2.46. The first-order valence-electron chi connectivity index (χ1n) is 8.14. The lowest BCUT2D eigenvalue weighted by atomic mass is 9.97. The maximum absolute atomic E-state index is 12.5. The third-order valence-electron chi connectivity index (χ3n) is 3.50. The molecule has 7 heteroatoms. The molecule has 0 heterocycles. The number of carboxylic acid groups (broad SMARTS) is 1. The van der Waals surface area contributed by atoms with Gasteiger partial charge in [0.2, 0.25) is 5.91 Å². The molecule has 1 aromatic carbocycles. The third-order valence-corrected chi connectivity index (χ3v) is 3.83. The van der Waals surface area contributed by atoms with Crippen LogP contribution in [0, 0.1) is 5.92 Å². The van der Waals surface area contributed by atoms with Gasteiger partial charge in [0.05, 0.1) is 10.6 Å². The molecule has 0 aromatic heterocycles. The van der Waals surface area contributed by atoms with Crippen molar-refractivity contribution in [2.75, 3.05) is 5.32 Å². The number of aliphatic carboxylic acids is 1. The molecule has 0 aliphatic rings. The van der Waals surface area contributed by atoms with Crippen molar-refractivity contribution in [1.82, 2.24) is 5.32 Å². The number of benzene rings is 1. The van der Waals surface area contributed by atoms with Gasteiger partial charge in [0.25, 0.3) is 5.91 Å². The van der Waals surface area contributed by atoms with E-state index in [4.69, 9.17) is 16.7 Å². The monoisotopic (exact) mass is 368 g/mol. The molecule has 0 saturated heterocycles. The lowest BCUT2D eigenvalue weighted by Crippen LogP contribution is -2.43. The zero-order valence-electron chi connectivity index (χ0n) is 15.0. The lowest BCUT2D eigenvalue weighted by Gasteiger charge is -2.26. The van der Waals surface area contributed by atoms with Crippen molar-refractivity contribution in [2.45, 2.75) is 52.5 Å². The molecule has 0 unspecified atom stereocenters. The van der Waals surface area contributed by atoms with Gasteiger partial charge in [-0.15, -0.1) is 0 Å². The number of nitrogens with one attached hydrogen (secondary N) is 2. The summed E-state index contributed by atoms with van der Waals surface area (Å²) >= 11 is 6.10. The van der Waals surface area contributed by atoms with Gasteiger partial charge in [0.15, 0.2) is 0 Å². The van der Waals surface area contributed by atoms with Gasteiger partial charge in [-0.25, -0.2) is 0 Å². The van der Waals surface area contributed by atoms with E-state index in [1.807, 2.05) is 13.8 Å². The first-order valence-corrected chi connectivity index (χ1v) is 8.51. The third kappa shape index (κ3) is 7.56. The van der Waals surface area contributed by atoms with Crippen LogP contribution in [0.1, 0.15) is 57.3 Å². The molecule has 0 aliphatic heterocycles. The van der Waals surface area contributed by atoms with Gasteiger partial charge in [0, 0.05) is 24.1 Å². The topological polar surface area (TPSA) is 95.5 Å². The fourth-order valence-corrected chi connectivity index (χ4v) is 2.42. The molecule has 0 saturated carbocycles. The van der Waals surface area contributed by atoms with Crippen LogP contribution in [-0.4, -0.2) is 28.4 Å². The van der Waals surface area contributed by atoms with Crippen LogP contribution in [0.5, 0.6) is 0 Å². The number of amides is 2. The lowest BCUT2D eigenvalue weighted by molar-refractivity contribution is -0.137. The molecule has 0 aliphatic carbocycles. The Morgan fingerprint density at radius 2 is 1.88 bits per heavy atom. The van der Waals surface area contributed by atoms with E-state index in [-0.39, 0.29) is 35.3 Å². The highest BCUT2D eigenvalue weighted by Crippen LogP contribution is 2.22. The van der Waals surface area contributed by atoms with Crippen molar-refractivity contribution < 1.29 is 19.5 Å². The van der Waals surface area contributed by atoms with Crippen molar-refractivity contribution in [3.8, 4) is 0 Å². The number of hydrogen-bond donors (Lipinski definition) is 3. The van der Waals surface area contributed by atoms with Crippen LogP contribution in [0.15, 0.2) is 18.2 Å². The molecule has 2 amide bonds. The Bertz CT molecular complexity index is 656. The van der Waals surface area contributed by atoms with Gasteiger partial charge in [-0.3, -0.25) is 14.4 Å². The molecule has 6 nitrogen and oxygen atoms in total. The zero-order chi connectivity index (χ0) is 19.2. The van der Waals surface area contributed by atoms with Gasteiger partial charge < -0.3 is 15.7 Å². The van der Waals surface area contributed by atoms with Gasteiger partial charge >= 0.3 is 5.97 Å². The van der Waals surface area contributed by atoms with E-state index in [0.717, 1.165) is 0 Å². The number of carbonyl (C=O) groups excluding carboxylic acids is 2. The first kappa shape index (κ1) is 21.0. The Morgan fingerprint density at radius 1 is 1.24 bits per heavy atom. The second-order valence-corrected chi connectivity index (χ2v) is 7.48. The number of halogens is 1. The summed E-state index contributed by atoms with van der Waals surface area (Å²) in [4.78, 5) is 35.1. The summed E-state index contributed by atoms with van der Waals surface area (Å²) in [5.74, 6) is -1.24. The van der Waals surface area contributed by atoms with Crippen LogP contribution < -0.4 is 10.6 Å². The van der Waals surface area contributed by atoms with Gasteiger partial charge in [-0.2, -0.15) is 0 Å². The van der Waals surface area contributed by atoms with Crippen molar-refractivity contribution in [2.24, 2.45) is 5.92 Å². The van der Waals surface area contributed by atoms with Crippen LogP contribution in [-0.2, 0) is 9.59 Å². The SMILES string of the molecule is CC(C)CC(=O)Nc1ccc(Cl)c(C(=O)NC(C)(C)CCC(=O)O)c1. The summed E-state index contributed by atoms with van der Waals surface area (Å²) in [6.45, 7) is 7.38. The molecule has 1 aromatic rings. The van der Waals surface area contributed by atoms with Gasteiger partial charge in [-0.05, 0) is 44.4 Å². The molecule has 0 bridgehead atoms. The molecule has 138 valence electrons. The second kappa shape index (κ2) is 8.85. The zero-order valence-corrected chi connectivity index (χ0v) is 15.7. The molecule has 3 N–H and O–H groups in total. The number of carbonyl (C=O) groups is 3. The second-order valence-electron chi connectivity index (χ2n) is 7.07. The maximum Gasteiger partial charge on any atom is 0.303 e. The Hall–Kier alpha value is -2.08. The van der Waals surface area contributed by atoms with Crippen LogP contribution in [0.25, 0.3) is 0 Å². The summed E-state index contributed by atoms with van der Waals surface area (Å²) in [5, 5.41) is 14.6. The largest absolute Gasteiger partial charge is 0.481 e. The van der Waals surface area contributed by atoms with E-state index in [0.29, 0.717) is 12.1 Å². The van der Waals surface area contributed by atoms with E-state index in [9.17, 15) is 14.4 Å².